The molecule has 1 aliphatic heterocycles. The van der Waals surface area contributed by atoms with Crippen molar-refractivity contribution in [3.05, 3.63) is 29.8 Å². The molecule has 1 heterocycles. The third-order valence-corrected chi connectivity index (χ3v) is 4.67. The van der Waals surface area contributed by atoms with Crippen molar-refractivity contribution in [3.63, 3.8) is 0 Å². The van der Waals surface area contributed by atoms with Gasteiger partial charge in [-0.15, -0.1) is 0 Å². The minimum Gasteiger partial charge on any atom is -0.490 e. The van der Waals surface area contributed by atoms with Gasteiger partial charge < -0.3 is 10.5 Å². The zero-order valence-electron chi connectivity index (χ0n) is 11.1. The standard InChI is InChI=1S/C16H23NO/c1-11-6-8-12(9-7-11)16-10-14(17)13-4-2-3-5-15(13)18-16/h2-5,11-12,14,16H,6-10,17H2,1H3/t11?,12?,14-,16?/m1/s1. The van der Waals surface area contributed by atoms with Gasteiger partial charge in [-0.2, -0.15) is 0 Å². The highest BCUT2D eigenvalue weighted by Crippen LogP contribution is 2.40. The van der Waals surface area contributed by atoms with E-state index < -0.39 is 0 Å². The van der Waals surface area contributed by atoms with E-state index in [-0.39, 0.29) is 6.04 Å². The first-order chi connectivity index (χ1) is 8.74. The number of fused-ring (bicyclic) bond motifs is 1. The Bertz CT molecular complexity index is 409. The SMILES string of the molecule is CC1CCC(C2C[C@@H](N)c3ccccc3O2)CC1. The van der Waals surface area contributed by atoms with E-state index in [4.69, 9.17) is 10.5 Å². The molecule has 2 N–H and O–H groups in total. The van der Waals surface area contributed by atoms with Crippen molar-refractivity contribution in [2.24, 2.45) is 17.6 Å². The lowest BCUT2D eigenvalue weighted by atomic mass is 9.77. The molecule has 0 spiro atoms. The molecule has 2 heteroatoms. The van der Waals surface area contributed by atoms with E-state index in [0.29, 0.717) is 12.0 Å². The molecular formula is C16H23NO. The third kappa shape index (κ3) is 2.26. The number of nitrogens with two attached hydrogens (primary N) is 1. The number of para-hydroxylation sites is 1. The summed E-state index contributed by atoms with van der Waals surface area (Å²) in [6, 6.07) is 8.40. The summed E-state index contributed by atoms with van der Waals surface area (Å²) in [4.78, 5) is 0. The van der Waals surface area contributed by atoms with Gasteiger partial charge in [-0.25, -0.2) is 0 Å². The first-order valence-corrected chi connectivity index (χ1v) is 7.25. The Morgan fingerprint density at radius 3 is 2.61 bits per heavy atom. The molecule has 1 aromatic rings. The van der Waals surface area contributed by atoms with Crippen LogP contribution < -0.4 is 10.5 Å². The predicted octanol–water partition coefficient (Wildman–Crippen LogP) is 3.66. The lowest BCUT2D eigenvalue weighted by molar-refractivity contribution is 0.0703. The van der Waals surface area contributed by atoms with Crippen LogP contribution >= 0.6 is 0 Å². The van der Waals surface area contributed by atoms with Gasteiger partial charge in [0, 0.05) is 18.0 Å². The maximum absolute atomic E-state index is 6.29. The quantitative estimate of drug-likeness (QED) is 0.819. The topological polar surface area (TPSA) is 35.2 Å². The van der Waals surface area contributed by atoms with Crippen LogP contribution in [0, 0.1) is 11.8 Å². The fourth-order valence-corrected chi connectivity index (χ4v) is 3.43. The van der Waals surface area contributed by atoms with Gasteiger partial charge in [-0.3, -0.25) is 0 Å². The minimum atomic E-state index is 0.152. The van der Waals surface area contributed by atoms with Crippen LogP contribution in [0.1, 0.15) is 50.6 Å². The third-order valence-electron chi connectivity index (χ3n) is 4.67. The van der Waals surface area contributed by atoms with Crippen LogP contribution in [0.25, 0.3) is 0 Å². The van der Waals surface area contributed by atoms with E-state index in [2.05, 4.69) is 19.1 Å². The summed E-state index contributed by atoms with van der Waals surface area (Å²) < 4.78 is 6.20. The summed E-state index contributed by atoms with van der Waals surface area (Å²) >= 11 is 0. The second-order valence-corrected chi connectivity index (χ2v) is 6.06. The molecule has 0 aromatic heterocycles. The van der Waals surface area contributed by atoms with Crippen molar-refractivity contribution in [2.45, 2.75) is 51.2 Å². The molecule has 2 atom stereocenters. The summed E-state index contributed by atoms with van der Waals surface area (Å²) in [5, 5.41) is 0. The van der Waals surface area contributed by atoms with E-state index in [1.165, 1.54) is 31.2 Å². The second kappa shape index (κ2) is 4.93. The highest BCUT2D eigenvalue weighted by molar-refractivity contribution is 5.37. The van der Waals surface area contributed by atoms with Crippen molar-refractivity contribution < 1.29 is 4.74 Å². The van der Waals surface area contributed by atoms with Gasteiger partial charge >= 0.3 is 0 Å². The first-order valence-electron chi connectivity index (χ1n) is 7.25. The zero-order valence-corrected chi connectivity index (χ0v) is 11.1. The normalized spacial score (nSPS) is 35.7. The van der Waals surface area contributed by atoms with E-state index in [9.17, 15) is 0 Å². The molecule has 0 radical (unpaired) electrons. The Hall–Kier alpha value is -1.02. The van der Waals surface area contributed by atoms with E-state index in [1.807, 2.05) is 12.1 Å². The molecule has 1 fully saturated rings. The summed E-state index contributed by atoms with van der Waals surface area (Å²) in [6.45, 7) is 2.36. The van der Waals surface area contributed by atoms with Gasteiger partial charge in [0.2, 0.25) is 0 Å². The molecular weight excluding hydrogens is 222 g/mol. The van der Waals surface area contributed by atoms with Crippen molar-refractivity contribution in [1.82, 2.24) is 0 Å². The molecule has 0 amide bonds. The first kappa shape index (κ1) is 12.0. The monoisotopic (exact) mass is 245 g/mol. The second-order valence-electron chi connectivity index (χ2n) is 6.06. The fourth-order valence-electron chi connectivity index (χ4n) is 3.43. The maximum atomic E-state index is 6.29. The van der Waals surface area contributed by atoms with E-state index in [1.54, 1.807) is 0 Å². The highest BCUT2D eigenvalue weighted by atomic mass is 16.5. The average Bonchev–Trinajstić information content (AvgIpc) is 2.39. The van der Waals surface area contributed by atoms with Crippen LogP contribution in [0.3, 0.4) is 0 Å². The molecule has 1 unspecified atom stereocenters. The van der Waals surface area contributed by atoms with Crippen molar-refractivity contribution in [3.8, 4) is 5.75 Å². The van der Waals surface area contributed by atoms with E-state index in [0.717, 1.165) is 18.1 Å². The highest BCUT2D eigenvalue weighted by Gasteiger charge is 2.33. The molecule has 0 bridgehead atoms. The van der Waals surface area contributed by atoms with Crippen LogP contribution in [0.4, 0.5) is 0 Å². The Morgan fingerprint density at radius 2 is 1.83 bits per heavy atom. The lowest BCUT2D eigenvalue weighted by Crippen LogP contribution is -2.36. The molecule has 2 aliphatic rings. The number of rotatable bonds is 1. The number of hydrogen-bond acceptors (Lipinski definition) is 2. The largest absolute Gasteiger partial charge is 0.490 e. The Balaban J connectivity index is 1.73. The van der Waals surface area contributed by atoms with Gasteiger partial charge in [0.15, 0.2) is 0 Å². The molecule has 2 nitrogen and oxygen atoms in total. The molecule has 18 heavy (non-hydrogen) atoms. The smallest absolute Gasteiger partial charge is 0.124 e. The van der Waals surface area contributed by atoms with Gasteiger partial charge in [-0.1, -0.05) is 38.0 Å². The zero-order chi connectivity index (χ0) is 12.5. The van der Waals surface area contributed by atoms with Gasteiger partial charge in [-0.05, 0) is 30.7 Å². The molecule has 0 saturated heterocycles. The van der Waals surface area contributed by atoms with Gasteiger partial charge in [0.1, 0.15) is 11.9 Å². The van der Waals surface area contributed by atoms with Gasteiger partial charge in [0.25, 0.3) is 0 Å². The van der Waals surface area contributed by atoms with Crippen molar-refractivity contribution in [1.29, 1.82) is 0 Å². The molecule has 3 rings (SSSR count). The van der Waals surface area contributed by atoms with Crippen molar-refractivity contribution >= 4 is 0 Å². The maximum Gasteiger partial charge on any atom is 0.124 e. The summed E-state index contributed by atoms with van der Waals surface area (Å²) in [7, 11) is 0. The van der Waals surface area contributed by atoms with Crippen molar-refractivity contribution in [2.75, 3.05) is 0 Å². The fraction of sp³-hybridized carbons (Fsp3) is 0.625. The summed E-state index contributed by atoms with van der Waals surface area (Å²) in [5.74, 6) is 2.62. The lowest BCUT2D eigenvalue weighted by Gasteiger charge is -2.38. The van der Waals surface area contributed by atoms with E-state index >= 15 is 0 Å². The van der Waals surface area contributed by atoms with Crippen LogP contribution in [0.5, 0.6) is 5.75 Å². The Morgan fingerprint density at radius 1 is 1.11 bits per heavy atom. The average molecular weight is 245 g/mol. The predicted molar refractivity (Wildman–Crippen MR) is 73.5 cm³/mol. The molecule has 1 aromatic carbocycles. The molecule has 98 valence electrons. The molecule has 1 aliphatic carbocycles. The summed E-state index contributed by atoms with van der Waals surface area (Å²) in [6.07, 6.45) is 6.63. The number of ether oxygens (including phenoxy) is 1. The van der Waals surface area contributed by atoms with Crippen LogP contribution in [0.2, 0.25) is 0 Å². The Kier molecular flexibility index (Phi) is 3.29. The van der Waals surface area contributed by atoms with Crippen LogP contribution in [-0.2, 0) is 0 Å². The molecule has 1 saturated carbocycles. The Labute approximate surface area is 110 Å². The van der Waals surface area contributed by atoms with Crippen LogP contribution in [-0.4, -0.2) is 6.10 Å². The summed E-state index contributed by atoms with van der Waals surface area (Å²) in [5.41, 5.74) is 7.47. The number of hydrogen-bond donors (Lipinski definition) is 1. The van der Waals surface area contributed by atoms with Crippen LogP contribution in [0.15, 0.2) is 24.3 Å². The minimum absolute atomic E-state index is 0.152. The van der Waals surface area contributed by atoms with Gasteiger partial charge in [0.05, 0.1) is 0 Å². The number of benzene rings is 1.